The molecule has 0 aliphatic heterocycles. The van der Waals surface area contributed by atoms with Crippen molar-refractivity contribution in [2.75, 3.05) is 0 Å². The maximum absolute atomic E-state index is 2.56. The summed E-state index contributed by atoms with van der Waals surface area (Å²) in [7, 11) is 0. The van der Waals surface area contributed by atoms with E-state index in [4.69, 9.17) is 0 Å². The summed E-state index contributed by atoms with van der Waals surface area (Å²) in [6.45, 7) is 61.4. The van der Waals surface area contributed by atoms with Crippen LogP contribution >= 0.6 is 0 Å². The molecule has 0 saturated carbocycles. The molecular weight excluding hydrogens is 565 g/mol. The van der Waals surface area contributed by atoms with Gasteiger partial charge >= 0.3 is 0 Å². The van der Waals surface area contributed by atoms with Gasteiger partial charge in [-0.15, -0.1) is 0 Å². The Labute approximate surface area is 295 Å². The smallest absolute Gasteiger partial charge is 0.00958 e. The normalized spacial score (nSPS) is 15.3. The van der Waals surface area contributed by atoms with Crippen LogP contribution in [0, 0.1) is 0 Å². The van der Waals surface area contributed by atoms with E-state index in [1.807, 2.05) is 0 Å². The molecule has 0 aliphatic carbocycles. The van der Waals surface area contributed by atoms with Crippen LogP contribution in [0.15, 0.2) is 12.1 Å². The van der Waals surface area contributed by atoms with Crippen molar-refractivity contribution in [2.45, 2.75) is 229 Å². The van der Waals surface area contributed by atoms with Gasteiger partial charge in [-0.05, 0) is 105 Å². The second-order valence-electron chi connectivity index (χ2n) is 23.2. The summed E-state index contributed by atoms with van der Waals surface area (Å²) >= 11 is 0. The first-order chi connectivity index (χ1) is 20.4. The fourth-order valence-electron chi connectivity index (χ4n) is 8.63. The minimum absolute atomic E-state index is 0.00417. The van der Waals surface area contributed by atoms with E-state index in [1.165, 1.54) is 11.1 Å². The van der Waals surface area contributed by atoms with Gasteiger partial charge in [0.1, 0.15) is 0 Å². The minimum atomic E-state index is -0.0398. The van der Waals surface area contributed by atoms with Crippen molar-refractivity contribution in [1.82, 2.24) is 0 Å². The zero-order chi connectivity index (χ0) is 37.5. The predicted octanol–water partition coefficient (Wildman–Crippen LogP) is 14.6. The molecule has 0 amide bonds. The third kappa shape index (κ3) is 8.43. The van der Waals surface area contributed by atoms with Gasteiger partial charge in [-0.3, -0.25) is 0 Å². The summed E-state index contributed by atoms with van der Waals surface area (Å²) < 4.78 is 0. The van der Waals surface area contributed by atoms with Gasteiger partial charge in [0.25, 0.3) is 0 Å². The van der Waals surface area contributed by atoms with Gasteiger partial charge in [0.2, 0.25) is 0 Å². The SMILES string of the molecule is CCC(c1ccc(C(C)(C)C)c(C(C)(C)C)c1C(C)(C)C)c1c(C(C)(C)C)c(C(C)(C)C)c(C(C)(C)C)c(C(C)(C)C)c1C(C)(C)C. The Morgan fingerprint density at radius 3 is 0.851 bits per heavy atom. The summed E-state index contributed by atoms with van der Waals surface area (Å²) in [6, 6.07) is 5.08. The van der Waals surface area contributed by atoms with E-state index in [-0.39, 0.29) is 49.2 Å². The van der Waals surface area contributed by atoms with Gasteiger partial charge in [-0.25, -0.2) is 0 Å². The van der Waals surface area contributed by atoms with Crippen LogP contribution in [0.4, 0.5) is 0 Å². The Balaban J connectivity index is 3.71. The molecule has 0 saturated heterocycles. The molecule has 0 nitrogen and oxygen atoms in total. The monoisotopic (exact) mass is 645 g/mol. The van der Waals surface area contributed by atoms with E-state index in [0.29, 0.717) is 0 Å². The summed E-state index contributed by atoms with van der Waals surface area (Å²) in [5.74, 6) is 0.277. The molecule has 0 spiro atoms. The van der Waals surface area contributed by atoms with Gasteiger partial charge in [-0.1, -0.05) is 185 Å². The van der Waals surface area contributed by atoms with Gasteiger partial charge in [-0.2, -0.15) is 0 Å². The highest BCUT2D eigenvalue weighted by Gasteiger charge is 2.45. The van der Waals surface area contributed by atoms with Gasteiger partial charge in [0.15, 0.2) is 0 Å². The van der Waals surface area contributed by atoms with E-state index >= 15 is 0 Å². The van der Waals surface area contributed by atoms with Crippen LogP contribution in [0.2, 0.25) is 0 Å². The average molecular weight is 645 g/mol. The zero-order valence-corrected chi connectivity index (χ0v) is 36.4. The Morgan fingerprint density at radius 2 is 0.617 bits per heavy atom. The maximum Gasteiger partial charge on any atom is 0.00958 e. The molecule has 0 aliphatic rings. The van der Waals surface area contributed by atoms with Crippen molar-refractivity contribution in [2.24, 2.45) is 0 Å². The summed E-state index contributed by atoms with van der Waals surface area (Å²) in [5, 5.41) is 0. The molecule has 2 rings (SSSR count). The van der Waals surface area contributed by atoms with Crippen LogP contribution in [0.1, 0.15) is 241 Å². The van der Waals surface area contributed by atoms with Crippen molar-refractivity contribution in [3.63, 3.8) is 0 Å². The molecule has 1 unspecified atom stereocenters. The molecule has 0 N–H and O–H groups in total. The average Bonchev–Trinajstić information content (AvgIpc) is 2.77. The van der Waals surface area contributed by atoms with Crippen LogP contribution < -0.4 is 0 Å². The first-order valence-corrected chi connectivity index (χ1v) is 18.9. The molecule has 47 heavy (non-hydrogen) atoms. The first-order valence-electron chi connectivity index (χ1n) is 18.9. The van der Waals surface area contributed by atoms with E-state index in [1.54, 1.807) is 44.5 Å². The van der Waals surface area contributed by atoms with Crippen molar-refractivity contribution < 1.29 is 0 Å². The zero-order valence-electron chi connectivity index (χ0n) is 36.4. The Morgan fingerprint density at radius 1 is 0.340 bits per heavy atom. The third-order valence-electron chi connectivity index (χ3n) is 9.97. The molecule has 0 fully saturated rings. The Hall–Kier alpha value is -1.56. The standard InChI is InChI=1S/C47H80/c1-26-29(30-27-28-31(40(2,3)4)34(42(8,9)10)33(30)41(5,6)7)32-35(43(11,12)13)37(45(17,18)19)39(47(23,24)25)38(46(20,21)22)36(32)44(14,15)16/h27-29H,26H2,1-25H3. The van der Waals surface area contributed by atoms with Gasteiger partial charge < -0.3 is 0 Å². The molecule has 2 aromatic rings. The van der Waals surface area contributed by atoms with Gasteiger partial charge in [0.05, 0.1) is 0 Å². The number of hydrogen-bond acceptors (Lipinski definition) is 0. The predicted molar refractivity (Wildman–Crippen MR) is 215 cm³/mol. The van der Waals surface area contributed by atoms with Crippen LogP contribution in [0.25, 0.3) is 0 Å². The fraction of sp³-hybridized carbons (Fsp3) is 0.745. The van der Waals surface area contributed by atoms with Crippen LogP contribution in [0.3, 0.4) is 0 Å². The number of hydrogen-bond donors (Lipinski definition) is 0. The van der Waals surface area contributed by atoms with Crippen LogP contribution in [-0.2, 0) is 43.3 Å². The minimum Gasteiger partial charge on any atom is -0.0645 e. The topological polar surface area (TPSA) is 0 Å². The van der Waals surface area contributed by atoms with E-state index in [2.05, 4.69) is 185 Å². The van der Waals surface area contributed by atoms with E-state index in [9.17, 15) is 0 Å². The maximum atomic E-state index is 2.56. The summed E-state index contributed by atoms with van der Waals surface area (Å²) in [5.41, 5.74) is 15.7. The van der Waals surface area contributed by atoms with Crippen LogP contribution in [0.5, 0.6) is 0 Å². The second-order valence-corrected chi connectivity index (χ2v) is 23.2. The lowest BCUT2D eigenvalue weighted by Crippen LogP contribution is -2.38. The first kappa shape index (κ1) is 41.6. The van der Waals surface area contributed by atoms with Crippen LogP contribution in [-0.4, -0.2) is 0 Å². The van der Waals surface area contributed by atoms with Crippen molar-refractivity contribution in [3.05, 3.63) is 67.8 Å². The van der Waals surface area contributed by atoms with Crippen molar-refractivity contribution >= 4 is 0 Å². The molecule has 0 heterocycles. The lowest BCUT2D eigenvalue weighted by molar-refractivity contribution is 0.448. The van der Waals surface area contributed by atoms with E-state index in [0.717, 1.165) is 6.42 Å². The molecule has 0 radical (unpaired) electrons. The van der Waals surface area contributed by atoms with Gasteiger partial charge in [0, 0.05) is 5.92 Å². The molecule has 268 valence electrons. The molecule has 0 heteroatoms. The molecule has 0 bridgehead atoms. The van der Waals surface area contributed by atoms with E-state index < -0.39 is 0 Å². The molecule has 2 aromatic carbocycles. The lowest BCUT2D eigenvalue weighted by Gasteiger charge is -2.48. The summed E-state index contributed by atoms with van der Waals surface area (Å²) in [4.78, 5) is 0. The summed E-state index contributed by atoms with van der Waals surface area (Å²) in [6.07, 6.45) is 1.07. The molecule has 1 atom stereocenters. The third-order valence-corrected chi connectivity index (χ3v) is 9.97. The van der Waals surface area contributed by atoms with Crippen molar-refractivity contribution in [3.8, 4) is 0 Å². The Bertz CT molecular complexity index is 1380. The number of benzene rings is 2. The quantitative estimate of drug-likeness (QED) is 0.312. The molecular formula is C47H80. The molecule has 0 aromatic heterocycles. The second kappa shape index (κ2) is 12.3. The Kier molecular flexibility index (Phi) is 10.9. The highest BCUT2D eigenvalue weighted by Crippen LogP contribution is 2.56. The largest absolute Gasteiger partial charge is 0.0645 e. The lowest BCUT2D eigenvalue weighted by atomic mass is 9.56. The highest BCUT2D eigenvalue weighted by molar-refractivity contribution is 5.66. The fourth-order valence-corrected chi connectivity index (χ4v) is 8.63. The van der Waals surface area contributed by atoms with Crippen molar-refractivity contribution in [1.29, 1.82) is 0 Å². The number of rotatable bonds is 3. The highest BCUT2D eigenvalue weighted by atomic mass is 14.5.